The molecule has 0 fully saturated rings. The van der Waals surface area contributed by atoms with Crippen molar-refractivity contribution >= 4 is 17.6 Å². The van der Waals surface area contributed by atoms with Crippen LogP contribution < -0.4 is 10.1 Å². The minimum Gasteiger partial charge on any atom is -0.492 e. The number of anilines is 1. The predicted octanol–water partition coefficient (Wildman–Crippen LogP) is 4.54. The van der Waals surface area contributed by atoms with Gasteiger partial charge in [0.25, 0.3) is 5.91 Å². The van der Waals surface area contributed by atoms with Crippen LogP contribution in [0.25, 0.3) is 0 Å². The molecule has 0 saturated heterocycles. The predicted molar refractivity (Wildman–Crippen MR) is 102 cm³/mol. The van der Waals surface area contributed by atoms with E-state index < -0.39 is 0 Å². The van der Waals surface area contributed by atoms with Gasteiger partial charge in [-0.25, -0.2) is 4.79 Å². The number of carbonyl (C=O) groups is 2. The van der Waals surface area contributed by atoms with Crippen LogP contribution in [0, 0.1) is 5.92 Å². The average molecular weight is 355 g/mol. The van der Waals surface area contributed by atoms with Crippen molar-refractivity contribution in [1.29, 1.82) is 0 Å². The van der Waals surface area contributed by atoms with Gasteiger partial charge in [0.2, 0.25) is 0 Å². The second-order valence-electron chi connectivity index (χ2n) is 6.37. The molecule has 0 saturated carbocycles. The molecule has 0 aliphatic carbocycles. The minimum absolute atomic E-state index is 0.259. The van der Waals surface area contributed by atoms with E-state index in [1.807, 2.05) is 13.0 Å². The van der Waals surface area contributed by atoms with Crippen molar-refractivity contribution in [1.82, 2.24) is 0 Å². The topological polar surface area (TPSA) is 64.6 Å². The summed E-state index contributed by atoms with van der Waals surface area (Å²) in [5.41, 5.74) is 1.53. The summed E-state index contributed by atoms with van der Waals surface area (Å²) in [5.74, 6) is 0.299. The minimum atomic E-state index is -0.364. The number of carbonyl (C=O) groups excluding carboxylic acids is 2. The van der Waals surface area contributed by atoms with Gasteiger partial charge in [0, 0.05) is 5.69 Å². The number of ether oxygens (including phenoxy) is 2. The molecule has 26 heavy (non-hydrogen) atoms. The zero-order valence-corrected chi connectivity index (χ0v) is 15.5. The number of nitrogens with one attached hydrogen (secondary N) is 1. The zero-order chi connectivity index (χ0) is 18.9. The van der Waals surface area contributed by atoms with Gasteiger partial charge in [0.15, 0.2) is 0 Å². The molecule has 0 atom stereocenters. The van der Waals surface area contributed by atoms with Gasteiger partial charge in [-0.1, -0.05) is 32.9 Å². The molecule has 0 bridgehead atoms. The standard InChI is InChI=1S/C21H25NO4/c1-4-13-25-21(24)16-9-11-17(12-10-16)22-20(23)18-7-5-6-8-19(18)26-14-15(2)3/h5-12,15H,4,13-14H2,1-3H3,(H,22,23). The molecule has 0 heterocycles. The highest BCUT2D eigenvalue weighted by Gasteiger charge is 2.13. The van der Waals surface area contributed by atoms with Crippen molar-refractivity contribution in [2.75, 3.05) is 18.5 Å². The van der Waals surface area contributed by atoms with E-state index in [9.17, 15) is 9.59 Å². The zero-order valence-electron chi connectivity index (χ0n) is 15.5. The quantitative estimate of drug-likeness (QED) is 0.706. The Morgan fingerprint density at radius 1 is 1.04 bits per heavy atom. The number of rotatable bonds is 8. The van der Waals surface area contributed by atoms with Crippen molar-refractivity contribution in [2.45, 2.75) is 27.2 Å². The summed E-state index contributed by atoms with van der Waals surface area (Å²) in [6.45, 7) is 6.98. The molecule has 0 spiro atoms. The second-order valence-corrected chi connectivity index (χ2v) is 6.37. The SMILES string of the molecule is CCCOC(=O)c1ccc(NC(=O)c2ccccc2OCC(C)C)cc1. The highest BCUT2D eigenvalue weighted by molar-refractivity contribution is 6.06. The molecule has 0 aromatic heterocycles. The van der Waals surface area contributed by atoms with E-state index in [0.29, 0.717) is 41.7 Å². The lowest BCUT2D eigenvalue weighted by atomic mass is 10.1. The maximum absolute atomic E-state index is 12.6. The average Bonchev–Trinajstić information content (AvgIpc) is 2.65. The summed E-state index contributed by atoms with van der Waals surface area (Å²) < 4.78 is 10.8. The van der Waals surface area contributed by atoms with Crippen LogP contribution in [0.3, 0.4) is 0 Å². The fourth-order valence-electron chi connectivity index (χ4n) is 2.20. The van der Waals surface area contributed by atoms with Gasteiger partial charge in [-0.05, 0) is 48.7 Å². The number of amides is 1. The summed E-state index contributed by atoms with van der Waals surface area (Å²) in [5, 5.41) is 2.82. The Labute approximate surface area is 154 Å². The largest absolute Gasteiger partial charge is 0.492 e. The molecular formula is C21H25NO4. The third-order valence-corrected chi connectivity index (χ3v) is 3.52. The molecule has 1 N–H and O–H groups in total. The molecule has 2 aromatic carbocycles. The van der Waals surface area contributed by atoms with Crippen LogP contribution in [0.5, 0.6) is 5.75 Å². The van der Waals surface area contributed by atoms with Crippen molar-refractivity contribution in [3.63, 3.8) is 0 Å². The van der Waals surface area contributed by atoms with E-state index in [0.717, 1.165) is 6.42 Å². The normalized spacial score (nSPS) is 10.5. The number of esters is 1. The fraction of sp³-hybridized carbons (Fsp3) is 0.333. The van der Waals surface area contributed by atoms with Crippen LogP contribution in [0.4, 0.5) is 5.69 Å². The van der Waals surface area contributed by atoms with Gasteiger partial charge in [-0.2, -0.15) is 0 Å². The lowest BCUT2D eigenvalue weighted by molar-refractivity contribution is 0.0505. The van der Waals surface area contributed by atoms with Crippen LogP contribution in [-0.2, 0) is 4.74 Å². The summed E-state index contributed by atoms with van der Waals surface area (Å²) in [6.07, 6.45) is 0.776. The summed E-state index contributed by atoms with van der Waals surface area (Å²) in [7, 11) is 0. The summed E-state index contributed by atoms with van der Waals surface area (Å²) in [6, 6.07) is 13.8. The third-order valence-electron chi connectivity index (χ3n) is 3.52. The third kappa shape index (κ3) is 5.62. The Kier molecular flexibility index (Phi) is 7.21. The van der Waals surface area contributed by atoms with Crippen molar-refractivity contribution in [2.24, 2.45) is 5.92 Å². The van der Waals surface area contributed by atoms with E-state index in [2.05, 4.69) is 19.2 Å². The summed E-state index contributed by atoms with van der Waals surface area (Å²) >= 11 is 0. The number of para-hydroxylation sites is 1. The van der Waals surface area contributed by atoms with Crippen molar-refractivity contribution in [3.8, 4) is 5.75 Å². The van der Waals surface area contributed by atoms with E-state index in [-0.39, 0.29) is 11.9 Å². The van der Waals surface area contributed by atoms with Gasteiger partial charge < -0.3 is 14.8 Å². The fourth-order valence-corrected chi connectivity index (χ4v) is 2.20. The molecule has 0 aliphatic rings. The first-order valence-corrected chi connectivity index (χ1v) is 8.81. The molecule has 0 radical (unpaired) electrons. The first-order chi connectivity index (χ1) is 12.5. The number of hydrogen-bond donors (Lipinski definition) is 1. The van der Waals surface area contributed by atoms with Crippen molar-refractivity contribution in [3.05, 3.63) is 59.7 Å². The number of benzene rings is 2. The van der Waals surface area contributed by atoms with E-state index >= 15 is 0 Å². The number of hydrogen-bond acceptors (Lipinski definition) is 4. The van der Waals surface area contributed by atoms with Crippen LogP contribution in [-0.4, -0.2) is 25.1 Å². The van der Waals surface area contributed by atoms with E-state index in [4.69, 9.17) is 9.47 Å². The van der Waals surface area contributed by atoms with Gasteiger partial charge in [0.1, 0.15) is 5.75 Å². The van der Waals surface area contributed by atoms with Crippen LogP contribution in [0.1, 0.15) is 47.9 Å². The monoisotopic (exact) mass is 355 g/mol. The second kappa shape index (κ2) is 9.61. The Hall–Kier alpha value is -2.82. The maximum atomic E-state index is 12.6. The van der Waals surface area contributed by atoms with Crippen LogP contribution in [0.2, 0.25) is 0 Å². The van der Waals surface area contributed by atoms with Crippen molar-refractivity contribution < 1.29 is 19.1 Å². The van der Waals surface area contributed by atoms with Gasteiger partial charge in [0.05, 0.1) is 24.3 Å². The molecule has 2 rings (SSSR count). The lowest BCUT2D eigenvalue weighted by Crippen LogP contribution is -2.15. The van der Waals surface area contributed by atoms with Crippen LogP contribution >= 0.6 is 0 Å². The lowest BCUT2D eigenvalue weighted by Gasteiger charge is -2.13. The smallest absolute Gasteiger partial charge is 0.338 e. The molecule has 138 valence electrons. The van der Waals surface area contributed by atoms with Crippen LogP contribution in [0.15, 0.2) is 48.5 Å². The molecule has 0 aliphatic heterocycles. The van der Waals surface area contributed by atoms with E-state index in [1.54, 1.807) is 42.5 Å². The Morgan fingerprint density at radius 3 is 2.38 bits per heavy atom. The highest BCUT2D eigenvalue weighted by Crippen LogP contribution is 2.21. The van der Waals surface area contributed by atoms with Gasteiger partial charge >= 0.3 is 5.97 Å². The van der Waals surface area contributed by atoms with E-state index in [1.165, 1.54) is 0 Å². The molecule has 5 heteroatoms. The molecular weight excluding hydrogens is 330 g/mol. The highest BCUT2D eigenvalue weighted by atomic mass is 16.5. The molecule has 2 aromatic rings. The maximum Gasteiger partial charge on any atom is 0.338 e. The first kappa shape index (κ1) is 19.5. The molecule has 5 nitrogen and oxygen atoms in total. The van der Waals surface area contributed by atoms with Gasteiger partial charge in [-0.15, -0.1) is 0 Å². The molecule has 1 amide bonds. The van der Waals surface area contributed by atoms with Gasteiger partial charge in [-0.3, -0.25) is 4.79 Å². The molecule has 0 unspecified atom stereocenters. The Morgan fingerprint density at radius 2 is 1.73 bits per heavy atom. The Bertz CT molecular complexity index is 738. The first-order valence-electron chi connectivity index (χ1n) is 8.81. The Balaban J connectivity index is 2.05. The summed E-state index contributed by atoms with van der Waals surface area (Å²) in [4.78, 5) is 24.4.